The molecule has 2 aliphatic heterocycles. The lowest BCUT2D eigenvalue weighted by molar-refractivity contribution is -0.112. The minimum absolute atomic E-state index is 0.0590. The topological polar surface area (TPSA) is 96.7 Å². The van der Waals surface area contributed by atoms with E-state index in [0.717, 1.165) is 6.42 Å². The van der Waals surface area contributed by atoms with Gasteiger partial charge in [0.1, 0.15) is 11.7 Å². The van der Waals surface area contributed by atoms with Crippen molar-refractivity contribution in [1.82, 2.24) is 14.7 Å². The van der Waals surface area contributed by atoms with Gasteiger partial charge in [-0.3, -0.25) is 4.79 Å². The van der Waals surface area contributed by atoms with E-state index in [0.29, 0.717) is 17.2 Å². The van der Waals surface area contributed by atoms with Gasteiger partial charge in [0.05, 0.1) is 23.6 Å². The van der Waals surface area contributed by atoms with Gasteiger partial charge >= 0.3 is 0 Å². The van der Waals surface area contributed by atoms with Gasteiger partial charge in [-0.25, -0.2) is 13.1 Å². The maximum Gasteiger partial charge on any atom is 0.258 e. The number of carbonyl (C=O) groups excluding carboxylic acids is 1. The second-order valence-electron chi connectivity index (χ2n) is 5.72. The van der Waals surface area contributed by atoms with Crippen LogP contribution in [0.1, 0.15) is 26.3 Å². The molecule has 1 N–H and O–H groups in total. The van der Waals surface area contributed by atoms with E-state index < -0.39 is 10.0 Å². The number of amidine groups is 1. The average molecular weight is 349 g/mol. The molecule has 1 unspecified atom stereocenters. The predicted molar refractivity (Wildman–Crippen MR) is 91.0 cm³/mol. The van der Waals surface area contributed by atoms with E-state index in [-0.39, 0.29) is 24.2 Å². The van der Waals surface area contributed by atoms with Crippen molar-refractivity contribution in [3.05, 3.63) is 36.2 Å². The van der Waals surface area contributed by atoms with Crippen LogP contribution < -0.4 is 5.32 Å². The first-order valence-electron chi connectivity index (χ1n) is 7.73. The molecule has 0 bridgehead atoms. The van der Waals surface area contributed by atoms with E-state index in [1.54, 1.807) is 34.1 Å². The van der Waals surface area contributed by atoms with Crippen LogP contribution in [-0.2, 0) is 14.8 Å². The van der Waals surface area contributed by atoms with Crippen molar-refractivity contribution in [1.29, 1.82) is 0 Å². The second kappa shape index (κ2) is 6.23. The third-order valence-electron chi connectivity index (χ3n) is 4.01. The zero-order valence-electron chi connectivity index (χ0n) is 13.5. The molecule has 128 valence electrons. The lowest BCUT2D eigenvalue weighted by Gasteiger charge is -2.27. The summed E-state index contributed by atoms with van der Waals surface area (Å²) in [6, 6.07) is 1.93. The highest BCUT2D eigenvalue weighted by Crippen LogP contribution is 2.19. The number of aromatic nitrogens is 2. The molecular formula is C15H19N5O3S. The molecule has 0 aromatic carbocycles. The van der Waals surface area contributed by atoms with Crippen LogP contribution in [0.4, 0.5) is 5.82 Å². The van der Waals surface area contributed by atoms with Gasteiger partial charge in [-0.05, 0) is 25.5 Å². The first-order valence-corrected chi connectivity index (χ1v) is 9.34. The van der Waals surface area contributed by atoms with Crippen LogP contribution in [0.5, 0.6) is 0 Å². The molecule has 24 heavy (non-hydrogen) atoms. The Balaban J connectivity index is 1.77. The molecule has 0 spiro atoms. The van der Waals surface area contributed by atoms with Crippen molar-refractivity contribution in [2.75, 3.05) is 17.6 Å². The van der Waals surface area contributed by atoms with Gasteiger partial charge in [0.15, 0.2) is 0 Å². The highest BCUT2D eigenvalue weighted by atomic mass is 32.2. The van der Waals surface area contributed by atoms with Crippen LogP contribution in [0.3, 0.4) is 0 Å². The number of nitrogens with zero attached hydrogens (tertiary/aromatic N) is 4. The Bertz CT molecular complexity index is 850. The molecule has 3 heterocycles. The van der Waals surface area contributed by atoms with Crippen LogP contribution in [0, 0.1) is 0 Å². The van der Waals surface area contributed by atoms with Gasteiger partial charge in [-0.1, -0.05) is 6.92 Å². The summed E-state index contributed by atoms with van der Waals surface area (Å²) in [5.41, 5.74) is 0.435. The molecular weight excluding hydrogens is 330 g/mol. The number of rotatable bonds is 4. The SMILES string of the molecule is CCC(C)n1nccc1NC(=O)C1=CN2CCS(=O)(=O)N=C2C=C1. The summed E-state index contributed by atoms with van der Waals surface area (Å²) >= 11 is 0. The third kappa shape index (κ3) is 3.25. The van der Waals surface area contributed by atoms with Crippen molar-refractivity contribution < 1.29 is 13.2 Å². The number of sulfonamides is 1. The van der Waals surface area contributed by atoms with Gasteiger partial charge in [0.2, 0.25) is 0 Å². The summed E-state index contributed by atoms with van der Waals surface area (Å²) in [7, 11) is -3.40. The van der Waals surface area contributed by atoms with Gasteiger partial charge in [-0.15, -0.1) is 4.40 Å². The fourth-order valence-corrected chi connectivity index (χ4v) is 3.43. The van der Waals surface area contributed by atoms with Crippen molar-refractivity contribution in [3.8, 4) is 0 Å². The van der Waals surface area contributed by atoms with Crippen LogP contribution in [-0.4, -0.2) is 47.1 Å². The summed E-state index contributed by atoms with van der Waals surface area (Å²) < 4.78 is 28.5. The Hall–Kier alpha value is -2.42. The number of anilines is 1. The third-order valence-corrected chi connectivity index (χ3v) is 5.17. The zero-order valence-corrected chi connectivity index (χ0v) is 14.3. The highest BCUT2D eigenvalue weighted by Gasteiger charge is 2.25. The highest BCUT2D eigenvalue weighted by molar-refractivity contribution is 7.90. The summed E-state index contributed by atoms with van der Waals surface area (Å²) in [5, 5.41) is 7.08. The van der Waals surface area contributed by atoms with Gasteiger partial charge in [0.25, 0.3) is 15.9 Å². The molecule has 0 saturated carbocycles. The van der Waals surface area contributed by atoms with Gasteiger partial charge < -0.3 is 10.2 Å². The first kappa shape index (κ1) is 16.4. The molecule has 0 saturated heterocycles. The number of hydrogen-bond acceptors (Lipinski definition) is 5. The van der Waals surface area contributed by atoms with E-state index in [2.05, 4.69) is 21.7 Å². The maximum absolute atomic E-state index is 12.5. The molecule has 1 aromatic rings. The molecule has 0 aliphatic carbocycles. The first-order chi connectivity index (χ1) is 11.4. The fourth-order valence-electron chi connectivity index (χ4n) is 2.46. The molecule has 1 amide bonds. The summed E-state index contributed by atoms with van der Waals surface area (Å²) in [6.45, 7) is 4.36. The van der Waals surface area contributed by atoms with Crippen molar-refractivity contribution in [3.63, 3.8) is 0 Å². The normalized spacial score (nSPS) is 20.0. The molecule has 1 atom stereocenters. The number of hydrogen-bond donors (Lipinski definition) is 1. The standard InChI is InChI=1S/C15H19N5O3S/c1-3-11(2)20-13(6-7-16-20)17-15(21)12-4-5-14-18-24(22,23)9-8-19(14)10-12/h4-7,10-11H,3,8-9H2,1-2H3,(H,17,21). The maximum atomic E-state index is 12.5. The lowest BCUT2D eigenvalue weighted by atomic mass is 10.2. The van der Waals surface area contributed by atoms with Crippen LogP contribution in [0.2, 0.25) is 0 Å². The van der Waals surface area contributed by atoms with Crippen LogP contribution in [0.25, 0.3) is 0 Å². The number of nitrogens with one attached hydrogen (secondary N) is 1. The molecule has 1 aromatic heterocycles. The average Bonchev–Trinajstić information content (AvgIpc) is 3.01. The van der Waals surface area contributed by atoms with E-state index >= 15 is 0 Å². The molecule has 2 aliphatic rings. The minimum atomic E-state index is -3.40. The smallest absolute Gasteiger partial charge is 0.258 e. The monoisotopic (exact) mass is 349 g/mol. The zero-order chi connectivity index (χ0) is 17.3. The Morgan fingerprint density at radius 3 is 2.96 bits per heavy atom. The Labute approximate surface area is 140 Å². The lowest BCUT2D eigenvalue weighted by Crippen LogP contribution is -2.37. The van der Waals surface area contributed by atoms with Crippen molar-refractivity contribution in [2.45, 2.75) is 26.3 Å². The molecule has 3 rings (SSSR count). The van der Waals surface area contributed by atoms with Crippen molar-refractivity contribution >= 4 is 27.6 Å². The largest absolute Gasteiger partial charge is 0.330 e. The molecule has 0 fully saturated rings. The minimum Gasteiger partial charge on any atom is -0.330 e. The van der Waals surface area contributed by atoms with E-state index in [9.17, 15) is 13.2 Å². The van der Waals surface area contributed by atoms with E-state index in [4.69, 9.17) is 0 Å². The number of amides is 1. The number of carbonyl (C=O) groups is 1. The quantitative estimate of drug-likeness (QED) is 0.883. The van der Waals surface area contributed by atoms with E-state index in [1.807, 2.05) is 6.92 Å². The van der Waals surface area contributed by atoms with Gasteiger partial charge in [-0.2, -0.15) is 5.10 Å². The second-order valence-corrected chi connectivity index (χ2v) is 7.47. The Morgan fingerprint density at radius 2 is 2.21 bits per heavy atom. The van der Waals surface area contributed by atoms with Crippen LogP contribution >= 0.6 is 0 Å². The summed E-state index contributed by atoms with van der Waals surface area (Å²) in [6.07, 6.45) is 7.27. The Kier molecular flexibility index (Phi) is 4.27. The predicted octanol–water partition coefficient (Wildman–Crippen LogP) is 1.29. The summed E-state index contributed by atoms with van der Waals surface area (Å²) in [5.74, 6) is 0.631. The Morgan fingerprint density at radius 1 is 1.42 bits per heavy atom. The van der Waals surface area contributed by atoms with Gasteiger partial charge in [0, 0.05) is 18.8 Å². The fraction of sp³-hybridized carbons (Fsp3) is 0.400. The summed E-state index contributed by atoms with van der Waals surface area (Å²) in [4.78, 5) is 14.1. The van der Waals surface area contributed by atoms with Crippen molar-refractivity contribution in [2.24, 2.45) is 4.40 Å². The van der Waals surface area contributed by atoms with E-state index in [1.165, 1.54) is 6.08 Å². The molecule has 8 nitrogen and oxygen atoms in total. The number of fused-ring (bicyclic) bond motifs is 1. The molecule has 0 radical (unpaired) electrons. The molecule has 9 heteroatoms. The van der Waals surface area contributed by atoms with Crippen LogP contribution in [0.15, 0.2) is 40.6 Å².